The third-order valence-electron chi connectivity index (χ3n) is 2.60. The predicted molar refractivity (Wildman–Crippen MR) is 57.0 cm³/mol. The summed E-state index contributed by atoms with van der Waals surface area (Å²) >= 11 is 0. The van der Waals surface area contributed by atoms with E-state index in [1.54, 1.807) is 30.3 Å². The lowest BCUT2D eigenvalue weighted by molar-refractivity contribution is 0.217. The molecule has 1 fully saturated rings. The third-order valence-corrected chi connectivity index (χ3v) is 3.97. The minimum absolute atomic E-state index is 0.116. The molecular formula is C11H14O3S. The van der Waals surface area contributed by atoms with Gasteiger partial charge in [-0.1, -0.05) is 31.0 Å². The van der Waals surface area contributed by atoms with Crippen LogP contribution in [0, 0.1) is 0 Å². The summed E-state index contributed by atoms with van der Waals surface area (Å²) in [5.74, 6) is 0. The Hall–Kier alpha value is -0.870. The van der Waals surface area contributed by atoms with E-state index in [0.717, 1.165) is 25.7 Å². The summed E-state index contributed by atoms with van der Waals surface area (Å²) in [6.07, 6.45) is 3.72. The monoisotopic (exact) mass is 226 g/mol. The molecule has 0 atom stereocenters. The van der Waals surface area contributed by atoms with Crippen LogP contribution < -0.4 is 0 Å². The first-order chi connectivity index (χ1) is 7.18. The summed E-state index contributed by atoms with van der Waals surface area (Å²) in [5.41, 5.74) is 0. The lowest BCUT2D eigenvalue weighted by Crippen LogP contribution is -2.15. The zero-order chi connectivity index (χ0) is 10.7. The summed E-state index contributed by atoms with van der Waals surface area (Å²) in [7, 11) is -3.54. The summed E-state index contributed by atoms with van der Waals surface area (Å²) in [6.45, 7) is 0. The molecule has 0 aromatic heterocycles. The fourth-order valence-electron chi connectivity index (χ4n) is 1.81. The van der Waals surface area contributed by atoms with E-state index in [4.69, 9.17) is 4.18 Å². The van der Waals surface area contributed by atoms with Crippen LogP contribution >= 0.6 is 0 Å². The first-order valence-electron chi connectivity index (χ1n) is 5.17. The topological polar surface area (TPSA) is 43.4 Å². The Kier molecular flexibility index (Phi) is 3.07. The molecule has 2 rings (SSSR count). The van der Waals surface area contributed by atoms with Gasteiger partial charge in [0.05, 0.1) is 11.0 Å². The van der Waals surface area contributed by atoms with Crippen molar-refractivity contribution in [2.75, 3.05) is 0 Å². The van der Waals surface area contributed by atoms with Crippen molar-refractivity contribution >= 4 is 10.1 Å². The maximum absolute atomic E-state index is 11.8. The Bertz CT molecular complexity index is 405. The van der Waals surface area contributed by atoms with Crippen molar-refractivity contribution in [3.63, 3.8) is 0 Å². The zero-order valence-corrected chi connectivity index (χ0v) is 9.24. The van der Waals surface area contributed by atoms with Crippen LogP contribution in [-0.4, -0.2) is 14.5 Å². The maximum Gasteiger partial charge on any atom is 0.297 e. The molecular weight excluding hydrogens is 212 g/mol. The van der Waals surface area contributed by atoms with Crippen LogP contribution in [-0.2, 0) is 14.3 Å². The van der Waals surface area contributed by atoms with Crippen molar-refractivity contribution in [2.24, 2.45) is 0 Å². The van der Waals surface area contributed by atoms with E-state index in [1.807, 2.05) is 0 Å². The SMILES string of the molecule is O=S(=O)(OC1CCCC1)c1ccccc1. The van der Waals surface area contributed by atoms with Gasteiger partial charge in [0.1, 0.15) is 0 Å². The van der Waals surface area contributed by atoms with E-state index >= 15 is 0 Å². The average Bonchev–Trinajstić information content (AvgIpc) is 2.71. The molecule has 0 saturated heterocycles. The maximum atomic E-state index is 11.8. The number of hydrogen-bond acceptors (Lipinski definition) is 3. The summed E-state index contributed by atoms with van der Waals surface area (Å²) < 4.78 is 28.7. The second-order valence-corrected chi connectivity index (χ2v) is 5.34. The van der Waals surface area contributed by atoms with Gasteiger partial charge in [-0.15, -0.1) is 0 Å². The van der Waals surface area contributed by atoms with Gasteiger partial charge < -0.3 is 0 Å². The molecule has 3 nitrogen and oxygen atoms in total. The molecule has 0 aliphatic heterocycles. The summed E-state index contributed by atoms with van der Waals surface area (Å²) in [4.78, 5) is 0.247. The van der Waals surface area contributed by atoms with E-state index in [2.05, 4.69) is 0 Å². The fourth-order valence-corrected chi connectivity index (χ4v) is 2.96. The van der Waals surface area contributed by atoms with Crippen LogP contribution in [0.5, 0.6) is 0 Å². The van der Waals surface area contributed by atoms with Crippen LogP contribution in [0.4, 0.5) is 0 Å². The highest BCUT2D eigenvalue weighted by molar-refractivity contribution is 7.86. The molecule has 0 amide bonds. The van der Waals surface area contributed by atoms with Crippen LogP contribution in [0.2, 0.25) is 0 Å². The molecule has 1 saturated carbocycles. The van der Waals surface area contributed by atoms with Gasteiger partial charge >= 0.3 is 0 Å². The van der Waals surface area contributed by atoms with Gasteiger partial charge in [0.25, 0.3) is 10.1 Å². The van der Waals surface area contributed by atoms with Crippen molar-refractivity contribution in [3.8, 4) is 0 Å². The quantitative estimate of drug-likeness (QED) is 0.743. The van der Waals surface area contributed by atoms with Crippen molar-refractivity contribution in [1.29, 1.82) is 0 Å². The van der Waals surface area contributed by atoms with E-state index < -0.39 is 10.1 Å². The standard InChI is InChI=1S/C11H14O3S/c12-15(13,11-8-2-1-3-9-11)14-10-6-4-5-7-10/h1-3,8-10H,4-7H2. The van der Waals surface area contributed by atoms with E-state index in [0.29, 0.717) is 0 Å². The van der Waals surface area contributed by atoms with Crippen molar-refractivity contribution in [2.45, 2.75) is 36.7 Å². The van der Waals surface area contributed by atoms with Crippen LogP contribution in [0.15, 0.2) is 35.2 Å². The normalized spacial score (nSPS) is 18.1. The zero-order valence-electron chi connectivity index (χ0n) is 8.43. The Morgan fingerprint density at radius 1 is 1.07 bits per heavy atom. The molecule has 4 heteroatoms. The van der Waals surface area contributed by atoms with Gasteiger partial charge in [-0.3, -0.25) is 4.18 Å². The predicted octanol–water partition coefficient (Wildman–Crippen LogP) is 2.33. The second kappa shape index (κ2) is 4.33. The first-order valence-corrected chi connectivity index (χ1v) is 6.58. The number of hydrogen-bond donors (Lipinski definition) is 0. The smallest absolute Gasteiger partial charge is 0.263 e. The van der Waals surface area contributed by atoms with Gasteiger partial charge in [-0.05, 0) is 25.0 Å². The highest BCUT2D eigenvalue weighted by Gasteiger charge is 2.24. The molecule has 0 radical (unpaired) electrons. The molecule has 0 heterocycles. The highest BCUT2D eigenvalue weighted by Crippen LogP contribution is 2.25. The van der Waals surface area contributed by atoms with Gasteiger partial charge in [0.15, 0.2) is 0 Å². The van der Waals surface area contributed by atoms with Crippen LogP contribution in [0.25, 0.3) is 0 Å². The largest absolute Gasteiger partial charge is 0.297 e. The molecule has 1 aliphatic rings. The molecule has 15 heavy (non-hydrogen) atoms. The Morgan fingerprint density at radius 2 is 1.67 bits per heavy atom. The molecule has 82 valence electrons. The first kappa shape index (κ1) is 10.6. The van der Waals surface area contributed by atoms with Gasteiger partial charge in [-0.25, -0.2) is 0 Å². The number of benzene rings is 1. The van der Waals surface area contributed by atoms with Gasteiger partial charge in [-0.2, -0.15) is 8.42 Å². The van der Waals surface area contributed by atoms with Crippen LogP contribution in [0.3, 0.4) is 0 Å². The van der Waals surface area contributed by atoms with E-state index in [-0.39, 0.29) is 11.0 Å². The molecule has 0 unspecified atom stereocenters. The third kappa shape index (κ3) is 2.58. The van der Waals surface area contributed by atoms with Crippen molar-refractivity contribution < 1.29 is 12.6 Å². The minimum Gasteiger partial charge on any atom is -0.263 e. The van der Waals surface area contributed by atoms with Gasteiger partial charge in [0.2, 0.25) is 0 Å². The van der Waals surface area contributed by atoms with Crippen molar-refractivity contribution in [3.05, 3.63) is 30.3 Å². The molecule has 0 bridgehead atoms. The summed E-state index contributed by atoms with van der Waals surface area (Å²) in [6, 6.07) is 8.30. The lowest BCUT2D eigenvalue weighted by atomic mass is 10.3. The lowest BCUT2D eigenvalue weighted by Gasteiger charge is -2.10. The van der Waals surface area contributed by atoms with Crippen molar-refractivity contribution in [1.82, 2.24) is 0 Å². The molecule has 1 aliphatic carbocycles. The highest BCUT2D eigenvalue weighted by atomic mass is 32.2. The second-order valence-electron chi connectivity index (χ2n) is 3.77. The summed E-state index contributed by atoms with van der Waals surface area (Å²) in [5, 5.41) is 0. The Morgan fingerprint density at radius 3 is 2.27 bits per heavy atom. The van der Waals surface area contributed by atoms with Crippen LogP contribution in [0.1, 0.15) is 25.7 Å². The molecule has 0 spiro atoms. The van der Waals surface area contributed by atoms with E-state index in [9.17, 15) is 8.42 Å². The fraction of sp³-hybridized carbons (Fsp3) is 0.455. The molecule has 1 aromatic rings. The minimum atomic E-state index is -3.54. The Labute approximate surface area is 90.2 Å². The van der Waals surface area contributed by atoms with E-state index in [1.165, 1.54) is 0 Å². The average molecular weight is 226 g/mol. The van der Waals surface area contributed by atoms with Gasteiger partial charge in [0, 0.05) is 0 Å². The Balaban J connectivity index is 2.13. The molecule has 0 N–H and O–H groups in total. The number of rotatable bonds is 3. The molecule has 1 aromatic carbocycles.